The molecular weight excluding hydrogens is 150 g/mol. The molecule has 1 aliphatic rings. The maximum absolute atomic E-state index is 10.8. The summed E-state index contributed by atoms with van der Waals surface area (Å²) < 4.78 is 0. The van der Waals surface area contributed by atoms with E-state index in [-0.39, 0.29) is 16.4 Å². The highest BCUT2D eigenvalue weighted by molar-refractivity contribution is 8.15. The summed E-state index contributed by atoms with van der Waals surface area (Å²) in [6.07, 6.45) is 1.74. The molecule has 1 unspecified atom stereocenters. The number of carbonyl (C=O) groups is 2. The van der Waals surface area contributed by atoms with Crippen molar-refractivity contribution in [1.82, 2.24) is 5.32 Å². The highest BCUT2D eigenvalue weighted by Crippen LogP contribution is 2.22. The van der Waals surface area contributed by atoms with Gasteiger partial charge in [0.25, 0.3) is 5.24 Å². The first-order chi connectivity index (χ1) is 4.74. The molecule has 1 rings (SSSR count). The van der Waals surface area contributed by atoms with Crippen molar-refractivity contribution < 1.29 is 9.59 Å². The second-order valence-corrected chi connectivity index (χ2v) is 3.35. The van der Waals surface area contributed by atoms with Crippen molar-refractivity contribution in [2.75, 3.05) is 0 Å². The molecule has 0 aromatic rings. The SMILES string of the molecule is CCCC1SC(=O)NC1=O. The van der Waals surface area contributed by atoms with Crippen LogP contribution in [0.4, 0.5) is 4.79 Å². The highest BCUT2D eigenvalue weighted by Gasteiger charge is 2.30. The van der Waals surface area contributed by atoms with Crippen molar-refractivity contribution in [2.24, 2.45) is 0 Å². The van der Waals surface area contributed by atoms with E-state index in [1.165, 1.54) is 0 Å². The summed E-state index contributed by atoms with van der Waals surface area (Å²) in [5.41, 5.74) is 0. The van der Waals surface area contributed by atoms with Gasteiger partial charge in [-0.15, -0.1) is 0 Å². The van der Waals surface area contributed by atoms with Gasteiger partial charge < -0.3 is 0 Å². The van der Waals surface area contributed by atoms with Gasteiger partial charge in [-0.3, -0.25) is 14.9 Å². The normalized spacial score (nSPS) is 25.1. The molecule has 1 atom stereocenters. The van der Waals surface area contributed by atoms with E-state index in [0.717, 1.165) is 24.6 Å². The van der Waals surface area contributed by atoms with Gasteiger partial charge in [-0.2, -0.15) is 0 Å². The van der Waals surface area contributed by atoms with E-state index in [2.05, 4.69) is 5.32 Å². The fourth-order valence-corrected chi connectivity index (χ4v) is 1.78. The molecule has 0 bridgehead atoms. The maximum Gasteiger partial charge on any atom is 0.286 e. The molecular formula is C6H9NO2S. The van der Waals surface area contributed by atoms with Gasteiger partial charge in [0, 0.05) is 0 Å². The van der Waals surface area contributed by atoms with Crippen molar-refractivity contribution in [3.05, 3.63) is 0 Å². The zero-order valence-electron chi connectivity index (χ0n) is 5.72. The average molecular weight is 159 g/mol. The van der Waals surface area contributed by atoms with Gasteiger partial charge in [0.1, 0.15) is 0 Å². The van der Waals surface area contributed by atoms with Crippen LogP contribution in [0, 0.1) is 0 Å². The van der Waals surface area contributed by atoms with E-state index in [0.29, 0.717) is 0 Å². The molecule has 1 fully saturated rings. The monoisotopic (exact) mass is 159 g/mol. The topological polar surface area (TPSA) is 46.2 Å². The van der Waals surface area contributed by atoms with Crippen LogP contribution in [0.5, 0.6) is 0 Å². The third-order valence-electron chi connectivity index (χ3n) is 1.32. The molecule has 0 saturated carbocycles. The van der Waals surface area contributed by atoms with Gasteiger partial charge in [-0.05, 0) is 6.42 Å². The zero-order chi connectivity index (χ0) is 7.56. The number of hydrogen-bond donors (Lipinski definition) is 1. The van der Waals surface area contributed by atoms with Crippen LogP contribution < -0.4 is 5.32 Å². The van der Waals surface area contributed by atoms with E-state index in [1.807, 2.05) is 6.92 Å². The molecule has 3 nitrogen and oxygen atoms in total. The summed E-state index contributed by atoms with van der Waals surface area (Å²) in [7, 11) is 0. The lowest BCUT2D eigenvalue weighted by Crippen LogP contribution is -2.23. The van der Waals surface area contributed by atoms with Crippen LogP contribution in [0.1, 0.15) is 19.8 Å². The van der Waals surface area contributed by atoms with Crippen LogP contribution in [0.3, 0.4) is 0 Å². The van der Waals surface area contributed by atoms with E-state index < -0.39 is 0 Å². The molecule has 10 heavy (non-hydrogen) atoms. The molecule has 2 amide bonds. The Bertz CT molecular complexity index is 169. The minimum Gasteiger partial charge on any atom is -0.286 e. The maximum atomic E-state index is 10.8. The quantitative estimate of drug-likeness (QED) is 0.657. The van der Waals surface area contributed by atoms with E-state index in [1.54, 1.807) is 0 Å². The van der Waals surface area contributed by atoms with Crippen LogP contribution >= 0.6 is 11.8 Å². The Balaban J connectivity index is 2.46. The largest absolute Gasteiger partial charge is 0.286 e. The molecule has 1 heterocycles. The number of nitrogens with one attached hydrogen (secondary N) is 1. The molecule has 1 saturated heterocycles. The average Bonchev–Trinajstić information content (AvgIpc) is 2.13. The highest BCUT2D eigenvalue weighted by atomic mass is 32.2. The van der Waals surface area contributed by atoms with Crippen LogP contribution in [0.2, 0.25) is 0 Å². The molecule has 56 valence electrons. The fraction of sp³-hybridized carbons (Fsp3) is 0.667. The Morgan fingerprint density at radius 2 is 2.30 bits per heavy atom. The Morgan fingerprint density at radius 3 is 2.70 bits per heavy atom. The molecule has 0 spiro atoms. The number of thioether (sulfide) groups is 1. The van der Waals surface area contributed by atoms with E-state index in [9.17, 15) is 9.59 Å². The molecule has 0 aromatic heterocycles. The number of hydrogen-bond acceptors (Lipinski definition) is 3. The predicted molar refractivity (Wildman–Crippen MR) is 39.8 cm³/mol. The third kappa shape index (κ3) is 1.50. The summed E-state index contributed by atoms with van der Waals surface area (Å²) in [6.45, 7) is 2.00. The summed E-state index contributed by atoms with van der Waals surface area (Å²) in [5, 5.41) is 1.90. The summed E-state index contributed by atoms with van der Waals surface area (Å²) in [5.74, 6) is -0.128. The third-order valence-corrected chi connectivity index (χ3v) is 2.37. The second-order valence-electron chi connectivity index (χ2n) is 2.17. The molecule has 0 aromatic carbocycles. The minimum absolute atomic E-state index is 0.127. The van der Waals surface area contributed by atoms with Crippen LogP contribution in [-0.2, 0) is 4.79 Å². The lowest BCUT2D eigenvalue weighted by molar-refractivity contribution is -0.119. The first kappa shape index (κ1) is 7.60. The Labute approximate surface area is 63.6 Å². The Morgan fingerprint density at radius 1 is 1.60 bits per heavy atom. The van der Waals surface area contributed by atoms with Crippen LogP contribution in [0.15, 0.2) is 0 Å². The molecule has 4 heteroatoms. The first-order valence-corrected chi connectivity index (χ1v) is 4.13. The van der Waals surface area contributed by atoms with Crippen molar-refractivity contribution in [3.8, 4) is 0 Å². The Hall–Kier alpha value is -0.510. The standard InChI is InChI=1S/C6H9NO2S/c1-2-3-4-5(8)7-6(9)10-4/h4H,2-3H2,1H3,(H,7,8,9). The minimum atomic E-state index is -0.205. The molecule has 0 aliphatic carbocycles. The van der Waals surface area contributed by atoms with Crippen molar-refractivity contribution >= 4 is 22.9 Å². The second kappa shape index (κ2) is 3.05. The van der Waals surface area contributed by atoms with E-state index in [4.69, 9.17) is 0 Å². The van der Waals surface area contributed by atoms with E-state index >= 15 is 0 Å². The van der Waals surface area contributed by atoms with Crippen molar-refractivity contribution in [3.63, 3.8) is 0 Å². The smallest absolute Gasteiger partial charge is 0.286 e. The zero-order valence-corrected chi connectivity index (χ0v) is 6.53. The predicted octanol–water partition coefficient (Wildman–Crippen LogP) is 1.14. The number of imide groups is 1. The van der Waals surface area contributed by atoms with Gasteiger partial charge >= 0.3 is 0 Å². The number of carbonyl (C=O) groups excluding carboxylic acids is 2. The van der Waals surface area contributed by atoms with Gasteiger partial charge in [-0.1, -0.05) is 25.1 Å². The van der Waals surface area contributed by atoms with Crippen molar-refractivity contribution in [2.45, 2.75) is 25.0 Å². The molecule has 1 aliphatic heterocycles. The summed E-state index contributed by atoms with van der Waals surface area (Å²) >= 11 is 1.10. The van der Waals surface area contributed by atoms with Gasteiger partial charge in [-0.25, -0.2) is 0 Å². The Kier molecular flexibility index (Phi) is 2.32. The van der Waals surface area contributed by atoms with Crippen LogP contribution in [0.25, 0.3) is 0 Å². The molecule has 0 radical (unpaired) electrons. The number of rotatable bonds is 2. The first-order valence-electron chi connectivity index (χ1n) is 3.25. The van der Waals surface area contributed by atoms with Gasteiger partial charge in [0.15, 0.2) is 0 Å². The number of amides is 2. The lowest BCUT2D eigenvalue weighted by atomic mass is 10.2. The summed E-state index contributed by atoms with van der Waals surface area (Å²) in [4.78, 5) is 21.4. The van der Waals surface area contributed by atoms with Crippen LogP contribution in [-0.4, -0.2) is 16.4 Å². The van der Waals surface area contributed by atoms with Crippen molar-refractivity contribution in [1.29, 1.82) is 0 Å². The molecule has 1 N–H and O–H groups in total. The fourth-order valence-electron chi connectivity index (χ4n) is 0.845. The van der Waals surface area contributed by atoms with Gasteiger partial charge in [0.05, 0.1) is 5.25 Å². The lowest BCUT2D eigenvalue weighted by Gasteiger charge is -1.98. The summed E-state index contributed by atoms with van der Waals surface area (Å²) in [6, 6.07) is 0. The van der Waals surface area contributed by atoms with Gasteiger partial charge in [0.2, 0.25) is 5.91 Å².